The highest BCUT2D eigenvalue weighted by Gasteiger charge is 2.43. The maximum Gasteiger partial charge on any atom is 0.269 e. The number of rotatable bonds is 8. The number of nitrogens with one attached hydrogen (secondary N) is 1. The summed E-state index contributed by atoms with van der Waals surface area (Å²) in [5.74, 6) is -2.44. The molecule has 8 nitrogen and oxygen atoms in total. The van der Waals surface area contributed by atoms with Crippen LogP contribution in [0.5, 0.6) is 0 Å². The Morgan fingerprint density at radius 3 is 2.41 bits per heavy atom. The number of halogens is 1. The van der Waals surface area contributed by atoms with Crippen LogP contribution in [-0.4, -0.2) is 47.9 Å². The molecule has 2 heterocycles. The zero-order chi connectivity index (χ0) is 27.6. The summed E-state index contributed by atoms with van der Waals surface area (Å²) in [4.78, 5) is 42.6. The van der Waals surface area contributed by atoms with Crippen molar-refractivity contribution in [2.24, 2.45) is 0 Å². The predicted octanol–water partition coefficient (Wildman–Crippen LogP) is 4.25. The number of benzene rings is 2. The molecule has 1 aliphatic carbocycles. The molecule has 2 aromatic carbocycles. The lowest BCUT2D eigenvalue weighted by atomic mass is 9.94. The molecule has 1 saturated carbocycles. The van der Waals surface area contributed by atoms with Crippen molar-refractivity contribution < 1.29 is 27.2 Å². The fourth-order valence-electron chi connectivity index (χ4n) is 5.14. The quantitative estimate of drug-likeness (QED) is 0.437. The number of hydrogen-bond acceptors (Lipinski definition) is 6. The van der Waals surface area contributed by atoms with Crippen LogP contribution >= 0.6 is 11.3 Å². The summed E-state index contributed by atoms with van der Waals surface area (Å²) in [5, 5.41) is 4.89. The Morgan fingerprint density at radius 1 is 1.03 bits per heavy atom. The molecule has 1 aromatic heterocycles. The van der Waals surface area contributed by atoms with E-state index in [2.05, 4.69) is 5.32 Å². The molecule has 0 bridgehead atoms. The van der Waals surface area contributed by atoms with Gasteiger partial charge in [0.15, 0.2) is 0 Å². The zero-order valence-electron chi connectivity index (χ0n) is 21.1. The molecule has 3 aromatic rings. The van der Waals surface area contributed by atoms with Crippen molar-refractivity contribution in [2.45, 2.75) is 55.6 Å². The summed E-state index contributed by atoms with van der Waals surface area (Å²) < 4.78 is 40.7. The number of sulfonamides is 1. The molecule has 204 valence electrons. The van der Waals surface area contributed by atoms with E-state index in [1.165, 1.54) is 58.7 Å². The van der Waals surface area contributed by atoms with Crippen LogP contribution in [0, 0.1) is 5.82 Å². The highest BCUT2D eigenvalue weighted by Crippen LogP contribution is 2.32. The molecule has 0 unspecified atom stereocenters. The summed E-state index contributed by atoms with van der Waals surface area (Å²) in [6.07, 6.45) is 4.70. The molecular weight excluding hydrogens is 541 g/mol. The van der Waals surface area contributed by atoms with Gasteiger partial charge in [0.2, 0.25) is 11.8 Å². The Morgan fingerprint density at radius 2 is 1.74 bits per heavy atom. The number of nitrogens with zero attached hydrogens (tertiary/aromatic N) is 2. The van der Waals surface area contributed by atoms with E-state index in [-0.39, 0.29) is 23.0 Å². The van der Waals surface area contributed by atoms with Gasteiger partial charge in [0.25, 0.3) is 15.9 Å². The normalized spacial score (nSPS) is 17.5. The SMILES string of the molecule is O=C(NC1CCCCC1)[C@H](c1ccc(F)cc1)N(Cc1cccs1)C(=O)CN1C(=O)c2ccccc2S1(=O)=O. The Kier molecular flexibility index (Phi) is 7.81. The van der Waals surface area contributed by atoms with Crippen LogP contribution in [0.25, 0.3) is 0 Å². The van der Waals surface area contributed by atoms with Crippen LogP contribution in [0.1, 0.15) is 58.9 Å². The monoisotopic (exact) mass is 569 g/mol. The summed E-state index contributed by atoms with van der Waals surface area (Å²) >= 11 is 1.38. The van der Waals surface area contributed by atoms with Gasteiger partial charge in [-0.15, -0.1) is 11.3 Å². The maximum atomic E-state index is 13.9. The minimum atomic E-state index is -4.24. The molecule has 0 saturated heterocycles. The van der Waals surface area contributed by atoms with Crippen LogP contribution in [0.15, 0.2) is 70.9 Å². The summed E-state index contributed by atoms with van der Waals surface area (Å²) in [6.45, 7) is -0.763. The Bertz CT molecular complexity index is 1470. The van der Waals surface area contributed by atoms with E-state index in [9.17, 15) is 27.2 Å². The lowest BCUT2D eigenvalue weighted by Gasteiger charge is -2.34. The van der Waals surface area contributed by atoms with Crippen LogP contribution in [0.4, 0.5) is 4.39 Å². The lowest BCUT2D eigenvalue weighted by Crippen LogP contribution is -2.49. The van der Waals surface area contributed by atoms with E-state index in [4.69, 9.17) is 0 Å². The molecule has 1 N–H and O–H groups in total. The lowest BCUT2D eigenvalue weighted by molar-refractivity contribution is -0.141. The van der Waals surface area contributed by atoms with Gasteiger partial charge in [-0.2, -0.15) is 0 Å². The first-order valence-electron chi connectivity index (χ1n) is 12.8. The van der Waals surface area contributed by atoms with E-state index < -0.39 is 46.1 Å². The van der Waals surface area contributed by atoms with Gasteiger partial charge in [0, 0.05) is 10.9 Å². The van der Waals surface area contributed by atoms with E-state index in [0.717, 1.165) is 37.0 Å². The van der Waals surface area contributed by atoms with E-state index >= 15 is 0 Å². The number of amides is 3. The minimum Gasteiger partial charge on any atom is -0.351 e. The fourth-order valence-corrected chi connectivity index (χ4v) is 7.36. The number of carbonyl (C=O) groups excluding carboxylic acids is 3. The Hall–Kier alpha value is -3.57. The second-order valence-corrected chi connectivity index (χ2v) is 12.6. The van der Waals surface area contributed by atoms with Gasteiger partial charge >= 0.3 is 0 Å². The maximum absolute atomic E-state index is 13.9. The van der Waals surface area contributed by atoms with Crippen molar-refractivity contribution in [1.29, 1.82) is 0 Å². The van der Waals surface area contributed by atoms with Crippen molar-refractivity contribution in [1.82, 2.24) is 14.5 Å². The van der Waals surface area contributed by atoms with Crippen molar-refractivity contribution in [3.05, 3.63) is 87.9 Å². The van der Waals surface area contributed by atoms with Gasteiger partial charge in [-0.1, -0.05) is 49.6 Å². The van der Waals surface area contributed by atoms with Gasteiger partial charge < -0.3 is 10.2 Å². The summed E-state index contributed by atoms with van der Waals surface area (Å²) in [6, 6.07) is 13.5. The average molecular weight is 570 g/mol. The number of thiophene rings is 1. The molecule has 11 heteroatoms. The molecule has 0 spiro atoms. The van der Waals surface area contributed by atoms with Gasteiger partial charge in [0.05, 0.1) is 12.1 Å². The molecular formula is C28H28FN3O5S2. The van der Waals surface area contributed by atoms with Gasteiger partial charge in [0.1, 0.15) is 23.3 Å². The molecule has 1 aliphatic heterocycles. The number of hydrogen-bond donors (Lipinski definition) is 1. The smallest absolute Gasteiger partial charge is 0.269 e. The second-order valence-electron chi connectivity index (χ2n) is 9.71. The van der Waals surface area contributed by atoms with Crippen molar-refractivity contribution in [3.8, 4) is 0 Å². The fraction of sp³-hybridized carbons (Fsp3) is 0.321. The highest BCUT2D eigenvalue weighted by atomic mass is 32.2. The first kappa shape index (κ1) is 27.0. The van der Waals surface area contributed by atoms with E-state index in [1.54, 1.807) is 12.1 Å². The third-order valence-electron chi connectivity index (χ3n) is 7.11. The molecule has 39 heavy (non-hydrogen) atoms. The molecule has 0 radical (unpaired) electrons. The number of carbonyl (C=O) groups is 3. The van der Waals surface area contributed by atoms with Gasteiger partial charge in [-0.3, -0.25) is 14.4 Å². The number of fused-ring (bicyclic) bond motifs is 1. The molecule has 2 aliphatic rings. The highest BCUT2D eigenvalue weighted by molar-refractivity contribution is 7.90. The molecule has 1 fully saturated rings. The largest absolute Gasteiger partial charge is 0.351 e. The summed E-state index contributed by atoms with van der Waals surface area (Å²) in [7, 11) is -4.24. The predicted molar refractivity (Wildman–Crippen MR) is 144 cm³/mol. The molecule has 5 rings (SSSR count). The van der Waals surface area contributed by atoms with Crippen molar-refractivity contribution in [3.63, 3.8) is 0 Å². The van der Waals surface area contributed by atoms with E-state index in [0.29, 0.717) is 9.87 Å². The van der Waals surface area contributed by atoms with Crippen molar-refractivity contribution in [2.75, 3.05) is 6.54 Å². The third kappa shape index (κ3) is 5.60. The van der Waals surface area contributed by atoms with Crippen LogP contribution in [0.2, 0.25) is 0 Å². The average Bonchev–Trinajstić information content (AvgIpc) is 3.51. The standard InChI is InChI=1S/C28H28FN3O5S2/c29-20-14-12-19(13-15-20)26(27(34)30-21-7-2-1-3-8-21)31(17-22-9-6-16-38-22)25(33)18-32-28(35)23-10-4-5-11-24(23)39(32,36)37/h4-6,9-16,21,26H,1-3,7-8,17-18H2,(H,30,34)/t26-/m0/s1. The van der Waals surface area contributed by atoms with E-state index in [1.807, 2.05) is 11.4 Å². The first-order valence-corrected chi connectivity index (χ1v) is 15.1. The zero-order valence-corrected chi connectivity index (χ0v) is 22.7. The van der Waals surface area contributed by atoms with Crippen LogP contribution < -0.4 is 5.32 Å². The minimum absolute atomic E-state index is 0.000216. The molecule has 1 atom stereocenters. The van der Waals surface area contributed by atoms with Crippen LogP contribution in [0.3, 0.4) is 0 Å². The first-order chi connectivity index (χ1) is 18.8. The third-order valence-corrected chi connectivity index (χ3v) is 9.76. The Balaban J connectivity index is 1.50. The summed E-state index contributed by atoms with van der Waals surface area (Å²) in [5.41, 5.74) is 0.383. The van der Waals surface area contributed by atoms with Gasteiger partial charge in [-0.25, -0.2) is 17.1 Å². The Labute approximate surface area is 230 Å². The topological polar surface area (TPSA) is 104 Å². The second kappa shape index (κ2) is 11.3. The van der Waals surface area contributed by atoms with Crippen molar-refractivity contribution >= 4 is 39.1 Å². The van der Waals surface area contributed by atoms with Crippen LogP contribution in [-0.2, 0) is 26.2 Å². The molecule has 3 amide bonds. The van der Waals surface area contributed by atoms with Gasteiger partial charge in [-0.05, 0) is 54.1 Å².